The molecule has 1 aromatic heterocycles. The summed E-state index contributed by atoms with van der Waals surface area (Å²) < 4.78 is 0. The Morgan fingerprint density at radius 3 is 2.35 bits per heavy atom. The van der Waals surface area contributed by atoms with Gasteiger partial charge in [-0.2, -0.15) is 0 Å². The fraction of sp³-hybridized carbons (Fsp3) is 0.688. The third-order valence-electron chi connectivity index (χ3n) is 4.13. The Morgan fingerprint density at radius 2 is 1.85 bits per heavy atom. The van der Waals surface area contributed by atoms with Crippen LogP contribution in [0.4, 0.5) is 5.69 Å². The van der Waals surface area contributed by atoms with Gasteiger partial charge in [0, 0.05) is 38.3 Å². The monoisotopic (exact) mass is 276 g/mol. The second-order valence-electron chi connectivity index (χ2n) is 5.84. The number of anilines is 1. The predicted octanol–water partition coefficient (Wildman–Crippen LogP) is 2.28. The molecule has 0 aromatic carbocycles. The van der Waals surface area contributed by atoms with Gasteiger partial charge >= 0.3 is 0 Å². The van der Waals surface area contributed by atoms with Gasteiger partial charge in [-0.05, 0) is 39.4 Å². The van der Waals surface area contributed by atoms with Crippen LogP contribution in [0.1, 0.15) is 39.4 Å². The molecule has 1 aliphatic heterocycles. The first-order valence-corrected chi connectivity index (χ1v) is 7.80. The van der Waals surface area contributed by atoms with Crippen molar-refractivity contribution in [3.05, 3.63) is 24.0 Å². The lowest BCUT2D eigenvalue weighted by atomic mass is 10.2. The van der Waals surface area contributed by atoms with Crippen molar-refractivity contribution in [3.63, 3.8) is 0 Å². The molecule has 1 N–H and O–H groups in total. The summed E-state index contributed by atoms with van der Waals surface area (Å²) in [6.45, 7) is 14.3. The summed E-state index contributed by atoms with van der Waals surface area (Å²) in [4.78, 5) is 9.58. The molecule has 2 heterocycles. The second-order valence-corrected chi connectivity index (χ2v) is 5.84. The first kappa shape index (κ1) is 15.3. The van der Waals surface area contributed by atoms with Gasteiger partial charge in [-0.3, -0.25) is 9.88 Å². The first-order valence-electron chi connectivity index (χ1n) is 7.80. The van der Waals surface area contributed by atoms with Crippen LogP contribution >= 0.6 is 0 Å². The number of hydrogen-bond donors (Lipinski definition) is 1. The van der Waals surface area contributed by atoms with Crippen molar-refractivity contribution in [1.29, 1.82) is 0 Å². The molecule has 1 fully saturated rings. The highest BCUT2D eigenvalue weighted by atomic mass is 15.3. The average molecular weight is 276 g/mol. The number of aromatic nitrogens is 1. The molecular weight excluding hydrogens is 248 g/mol. The van der Waals surface area contributed by atoms with E-state index in [1.54, 1.807) is 0 Å². The number of nitrogens with one attached hydrogen (secondary N) is 1. The molecule has 20 heavy (non-hydrogen) atoms. The fourth-order valence-electron chi connectivity index (χ4n) is 2.75. The lowest BCUT2D eigenvalue weighted by Gasteiger charge is -2.38. The topological polar surface area (TPSA) is 31.4 Å². The highest BCUT2D eigenvalue weighted by molar-refractivity contribution is 5.45. The molecular formula is C16H28N4. The van der Waals surface area contributed by atoms with Crippen LogP contribution in [0.5, 0.6) is 0 Å². The molecule has 1 aromatic rings. The molecule has 2 rings (SSSR count). The smallest absolute Gasteiger partial charge is 0.0572 e. The molecule has 1 atom stereocenters. The first-order chi connectivity index (χ1) is 9.61. The molecule has 0 bridgehead atoms. The van der Waals surface area contributed by atoms with Crippen LogP contribution in [-0.4, -0.2) is 48.6 Å². The number of rotatable bonds is 5. The SMILES string of the molecule is CCNC(C)c1ccc(N2CCN(C(C)C)CC2)cn1. The van der Waals surface area contributed by atoms with Gasteiger partial charge in [0.25, 0.3) is 0 Å². The molecule has 1 saturated heterocycles. The van der Waals surface area contributed by atoms with Crippen molar-refractivity contribution in [2.45, 2.75) is 39.8 Å². The summed E-state index contributed by atoms with van der Waals surface area (Å²) in [5.74, 6) is 0. The van der Waals surface area contributed by atoms with Crippen molar-refractivity contribution < 1.29 is 0 Å². The summed E-state index contributed by atoms with van der Waals surface area (Å²) in [5, 5.41) is 3.40. The van der Waals surface area contributed by atoms with Gasteiger partial charge < -0.3 is 10.2 Å². The molecule has 4 nitrogen and oxygen atoms in total. The summed E-state index contributed by atoms with van der Waals surface area (Å²) >= 11 is 0. The van der Waals surface area contributed by atoms with E-state index in [1.165, 1.54) is 5.69 Å². The second kappa shape index (κ2) is 7.04. The van der Waals surface area contributed by atoms with E-state index < -0.39 is 0 Å². The van der Waals surface area contributed by atoms with Crippen molar-refractivity contribution in [2.24, 2.45) is 0 Å². The molecule has 4 heteroatoms. The van der Waals surface area contributed by atoms with E-state index in [4.69, 9.17) is 0 Å². The predicted molar refractivity (Wildman–Crippen MR) is 85.3 cm³/mol. The Kier molecular flexibility index (Phi) is 5.38. The van der Waals surface area contributed by atoms with Crippen molar-refractivity contribution >= 4 is 5.69 Å². The maximum Gasteiger partial charge on any atom is 0.0572 e. The Balaban J connectivity index is 1.94. The number of nitrogens with zero attached hydrogens (tertiary/aromatic N) is 3. The summed E-state index contributed by atoms with van der Waals surface area (Å²) in [7, 11) is 0. The minimum atomic E-state index is 0.326. The molecule has 112 valence electrons. The maximum atomic E-state index is 4.61. The van der Waals surface area contributed by atoms with Crippen molar-refractivity contribution in [3.8, 4) is 0 Å². The van der Waals surface area contributed by atoms with E-state index in [-0.39, 0.29) is 0 Å². The van der Waals surface area contributed by atoms with Crippen LogP contribution in [0.15, 0.2) is 18.3 Å². The zero-order chi connectivity index (χ0) is 14.5. The molecule has 0 saturated carbocycles. The minimum Gasteiger partial charge on any atom is -0.368 e. The van der Waals surface area contributed by atoms with Gasteiger partial charge in [0.2, 0.25) is 0 Å². The van der Waals surface area contributed by atoms with Gasteiger partial charge in [-0.25, -0.2) is 0 Å². The molecule has 1 aliphatic rings. The van der Waals surface area contributed by atoms with E-state index in [2.05, 4.69) is 59.9 Å². The normalized spacial score (nSPS) is 18.6. The van der Waals surface area contributed by atoms with Crippen LogP contribution < -0.4 is 10.2 Å². The van der Waals surface area contributed by atoms with Gasteiger partial charge in [-0.15, -0.1) is 0 Å². The Morgan fingerprint density at radius 1 is 1.15 bits per heavy atom. The summed E-state index contributed by atoms with van der Waals surface area (Å²) in [6.07, 6.45) is 2.02. The summed E-state index contributed by atoms with van der Waals surface area (Å²) in [5.41, 5.74) is 2.37. The Labute approximate surface area is 123 Å². The van der Waals surface area contributed by atoms with E-state index in [0.717, 1.165) is 38.4 Å². The Bertz CT molecular complexity index is 393. The highest BCUT2D eigenvalue weighted by Crippen LogP contribution is 2.18. The third-order valence-corrected chi connectivity index (χ3v) is 4.13. The van der Waals surface area contributed by atoms with Gasteiger partial charge in [0.1, 0.15) is 0 Å². The van der Waals surface area contributed by atoms with E-state index in [0.29, 0.717) is 12.1 Å². The zero-order valence-electron chi connectivity index (χ0n) is 13.3. The molecule has 0 aliphatic carbocycles. The molecule has 0 amide bonds. The van der Waals surface area contributed by atoms with Crippen LogP contribution in [0, 0.1) is 0 Å². The molecule has 0 radical (unpaired) electrons. The lowest BCUT2D eigenvalue weighted by molar-refractivity contribution is 0.209. The van der Waals surface area contributed by atoms with Crippen LogP contribution in [-0.2, 0) is 0 Å². The van der Waals surface area contributed by atoms with E-state index >= 15 is 0 Å². The van der Waals surface area contributed by atoms with Crippen LogP contribution in [0.2, 0.25) is 0 Å². The Hall–Kier alpha value is -1.13. The van der Waals surface area contributed by atoms with E-state index in [1.807, 2.05) is 6.20 Å². The third kappa shape index (κ3) is 3.70. The molecule has 1 unspecified atom stereocenters. The van der Waals surface area contributed by atoms with Crippen molar-refractivity contribution in [2.75, 3.05) is 37.6 Å². The van der Waals surface area contributed by atoms with Gasteiger partial charge in [0.05, 0.1) is 17.6 Å². The highest BCUT2D eigenvalue weighted by Gasteiger charge is 2.19. The average Bonchev–Trinajstić information content (AvgIpc) is 2.48. The maximum absolute atomic E-state index is 4.61. The quantitative estimate of drug-likeness (QED) is 0.894. The van der Waals surface area contributed by atoms with Gasteiger partial charge in [-0.1, -0.05) is 6.92 Å². The van der Waals surface area contributed by atoms with Gasteiger partial charge in [0.15, 0.2) is 0 Å². The number of hydrogen-bond acceptors (Lipinski definition) is 4. The largest absolute Gasteiger partial charge is 0.368 e. The fourth-order valence-corrected chi connectivity index (χ4v) is 2.75. The van der Waals surface area contributed by atoms with Crippen LogP contribution in [0.3, 0.4) is 0 Å². The minimum absolute atomic E-state index is 0.326. The van der Waals surface area contributed by atoms with E-state index in [9.17, 15) is 0 Å². The standard InChI is InChI=1S/C16H28N4/c1-5-17-14(4)16-7-6-15(12-18-16)20-10-8-19(9-11-20)13(2)3/h6-7,12-14,17H,5,8-11H2,1-4H3. The van der Waals surface area contributed by atoms with Crippen LogP contribution in [0.25, 0.3) is 0 Å². The van der Waals surface area contributed by atoms with Crippen molar-refractivity contribution in [1.82, 2.24) is 15.2 Å². The number of piperazine rings is 1. The molecule has 0 spiro atoms. The lowest BCUT2D eigenvalue weighted by Crippen LogP contribution is -2.48. The number of pyridine rings is 1. The zero-order valence-corrected chi connectivity index (χ0v) is 13.3. The summed E-state index contributed by atoms with van der Waals surface area (Å²) in [6, 6.07) is 5.34.